The third-order valence-electron chi connectivity index (χ3n) is 3.44. The monoisotopic (exact) mass is 311 g/mol. The van der Waals surface area contributed by atoms with E-state index in [1.54, 1.807) is 18.3 Å². The first-order chi connectivity index (χ1) is 10.5. The van der Waals surface area contributed by atoms with Crippen molar-refractivity contribution in [3.63, 3.8) is 0 Å². The Morgan fingerprint density at radius 2 is 2.00 bits per heavy atom. The standard InChI is InChI=1S/C15H19F2N3O2/c1-9(13-7-19-20-10(13)2)18-8-14(21)11-3-5-12(6-4-11)22-15(16)17/h3-7,9,14-15,18,21H,8H2,1-2H3,(H,19,20). The number of aryl methyl sites for hydroxylation is 1. The van der Waals surface area contributed by atoms with Gasteiger partial charge in [0, 0.05) is 23.8 Å². The van der Waals surface area contributed by atoms with Gasteiger partial charge in [-0.2, -0.15) is 13.9 Å². The predicted octanol–water partition coefficient (Wildman–Crippen LogP) is 2.70. The molecule has 0 aliphatic heterocycles. The lowest BCUT2D eigenvalue weighted by Crippen LogP contribution is -2.24. The number of alkyl halides is 2. The summed E-state index contributed by atoms with van der Waals surface area (Å²) in [6.07, 6.45) is 1.01. The van der Waals surface area contributed by atoms with Crippen molar-refractivity contribution < 1.29 is 18.6 Å². The second-order valence-electron chi connectivity index (χ2n) is 5.04. The van der Waals surface area contributed by atoms with E-state index in [1.165, 1.54) is 12.1 Å². The highest BCUT2D eigenvalue weighted by molar-refractivity contribution is 5.28. The predicted molar refractivity (Wildman–Crippen MR) is 77.8 cm³/mol. The Balaban J connectivity index is 1.89. The molecule has 1 heterocycles. The molecule has 2 rings (SSSR count). The van der Waals surface area contributed by atoms with Crippen molar-refractivity contribution >= 4 is 0 Å². The molecule has 0 fully saturated rings. The fourth-order valence-corrected chi connectivity index (χ4v) is 2.18. The summed E-state index contributed by atoms with van der Waals surface area (Å²) in [6.45, 7) is 1.39. The smallest absolute Gasteiger partial charge is 0.387 e. The average Bonchev–Trinajstić information content (AvgIpc) is 2.91. The third-order valence-corrected chi connectivity index (χ3v) is 3.44. The molecule has 2 atom stereocenters. The van der Waals surface area contributed by atoms with Gasteiger partial charge < -0.3 is 15.2 Å². The van der Waals surface area contributed by atoms with Gasteiger partial charge in [0.15, 0.2) is 0 Å². The van der Waals surface area contributed by atoms with E-state index in [1.807, 2.05) is 13.8 Å². The van der Waals surface area contributed by atoms with Crippen molar-refractivity contribution in [2.24, 2.45) is 0 Å². The van der Waals surface area contributed by atoms with Crippen molar-refractivity contribution in [2.45, 2.75) is 32.6 Å². The molecule has 22 heavy (non-hydrogen) atoms. The van der Waals surface area contributed by atoms with Gasteiger partial charge in [0.25, 0.3) is 0 Å². The summed E-state index contributed by atoms with van der Waals surface area (Å²) in [5.74, 6) is 0.0706. The molecular weight excluding hydrogens is 292 g/mol. The normalized spacial score (nSPS) is 14.1. The number of ether oxygens (including phenoxy) is 1. The minimum atomic E-state index is -2.85. The highest BCUT2D eigenvalue weighted by Crippen LogP contribution is 2.20. The van der Waals surface area contributed by atoms with Crippen LogP contribution in [0.3, 0.4) is 0 Å². The Morgan fingerprint density at radius 3 is 2.55 bits per heavy atom. The highest BCUT2D eigenvalue weighted by Gasteiger charge is 2.13. The second kappa shape index (κ2) is 7.33. The summed E-state index contributed by atoms with van der Waals surface area (Å²) in [4.78, 5) is 0. The molecule has 120 valence electrons. The molecule has 0 saturated heterocycles. The van der Waals surface area contributed by atoms with E-state index < -0.39 is 12.7 Å². The molecule has 7 heteroatoms. The van der Waals surface area contributed by atoms with Crippen molar-refractivity contribution in [3.8, 4) is 5.75 Å². The van der Waals surface area contributed by atoms with Gasteiger partial charge in [-0.05, 0) is 31.5 Å². The Morgan fingerprint density at radius 1 is 1.32 bits per heavy atom. The topological polar surface area (TPSA) is 70.2 Å². The van der Waals surface area contributed by atoms with Crippen LogP contribution in [0.2, 0.25) is 0 Å². The summed E-state index contributed by atoms with van der Waals surface area (Å²) in [5, 5.41) is 20.2. The number of rotatable bonds is 7. The fraction of sp³-hybridized carbons (Fsp3) is 0.400. The van der Waals surface area contributed by atoms with E-state index in [-0.39, 0.29) is 11.8 Å². The number of aromatic amines is 1. The largest absolute Gasteiger partial charge is 0.435 e. The lowest BCUT2D eigenvalue weighted by molar-refractivity contribution is -0.0498. The number of nitrogens with zero attached hydrogens (tertiary/aromatic N) is 1. The van der Waals surface area contributed by atoms with Gasteiger partial charge >= 0.3 is 6.61 Å². The molecule has 2 unspecified atom stereocenters. The minimum Gasteiger partial charge on any atom is -0.435 e. The Hall–Kier alpha value is -1.99. The fourth-order valence-electron chi connectivity index (χ4n) is 2.18. The van der Waals surface area contributed by atoms with Crippen molar-refractivity contribution in [3.05, 3.63) is 47.3 Å². The van der Waals surface area contributed by atoms with Gasteiger partial charge in [-0.1, -0.05) is 12.1 Å². The number of aromatic nitrogens is 2. The van der Waals surface area contributed by atoms with Crippen molar-refractivity contribution in [1.82, 2.24) is 15.5 Å². The summed E-state index contributed by atoms with van der Waals surface area (Å²) in [6, 6.07) is 5.99. The van der Waals surface area contributed by atoms with Crippen molar-refractivity contribution in [2.75, 3.05) is 6.54 Å². The molecule has 1 aromatic carbocycles. The van der Waals surface area contributed by atoms with Crippen molar-refractivity contribution in [1.29, 1.82) is 0 Å². The maximum atomic E-state index is 12.1. The number of aliphatic hydroxyl groups is 1. The molecule has 0 aliphatic carbocycles. The van der Waals surface area contributed by atoms with E-state index in [9.17, 15) is 13.9 Å². The Labute approximate surface area is 127 Å². The first-order valence-corrected chi connectivity index (χ1v) is 6.93. The first kappa shape index (κ1) is 16.4. The van der Waals surface area contributed by atoms with Gasteiger partial charge in [-0.3, -0.25) is 5.10 Å². The Kier molecular flexibility index (Phi) is 5.46. The first-order valence-electron chi connectivity index (χ1n) is 6.93. The highest BCUT2D eigenvalue weighted by atomic mass is 19.3. The average molecular weight is 311 g/mol. The third kappa shape index (κ3) is 4.25. The number of hydrogen-bond donors (Lipinski definition) is 3. The van der Waals surface area contributed by atoms with Gasteiger partial charge in [0.1, 0.15) is 5.75 Å². The molecule has 0 aliphatic rings. The SMILES string of the molecule is Cc1[nH]ncc1C(C)NCC(O)c1ccc(OC(F)F)cc1. The molecule has 5 nitrogen and oxygen atoms in total. The summed E-state index contributed by atoms with van der Waals surface area (Å²) in [5.41, 5.74) is 2.64. The van der Waals surface area contributed by atoms with Gasteiger partial charge in [-0.25, -0.2) is 0 Å². The van der Waals surface area contributed by atoms with Gasteiger partial charge in [0.2, 0.25) is 0 Å². The molecule has 0 amide bonds. The maximum Gasteiger partial charge on any atom is 0.387 e. The van der Waals surface area contributed by atoms with Crippen LogP contribution in [0, 0.1) is 6.92 Å². The molecule has 1 aromatic heterocycles. The molecule has 2 aromatic rings. The summed E-state index contributed by atoms with van der Waals surface area (Å²) >= 11 is 0. The molecule has 0 saturated carbocycles. The number of H-pyrrole nitrogens is 1. The molecular formula is C15H19F2N3O2. The molecule has 0 radical (unpaired) electrons. The number of aliphatic hydroxyl groups excluding tert-OH is 1. The van der Waals surface area contributed by atoms with Crippen LogP contribution in [-0.2, 0) is 0 Å². The summed E-state index contributed by atoms with van der Waals surface area (Å²) < 4.78 is 28.4. The zero-order valence-electron chi connectivity index (χ0n) is 12.4. The zero-order chi connectivity index (χ0) is 16.1. The van der Waals surface area contributed by atoms with Crippen LogP contribution in [0.25, 0.3) is 0 Å². The van der Waals surface area contributed by atoms with Crippen LogP contribution in [-0.4, -0.2) is 28.5 Å². The van der Waals surface area contributed by atoms with Crippen LogP contribution in [0.15, 0.2) is 30.5 Å². The lowest BCUT2D eigenvalue weighted by Gasteiger charge is -2.17. The summed E-state index contributed by atoms with van der Waals surface area (Å²) in [7, 11) is 0. The van der Waals surface area contributed by atoms with Crippen LogP contribution < -0.4 is 10.1 Å². The number of benzene rings is 1. The van der Waals surface area contributed by atoms with Crippen LogP contribution in [0.5, 0.6) is 5.75 Å². The zero-order valence-corrected chi connectivity index (χ0v) is 12.4. The number of halogens is 2. The van der Waals surface area contributed by atoms with Crippen LogP contribution >= 0.6 is 0 Å². The maximum absolute atomic E-state index is 12.1. The Bertz CT molecular complexity index is 587. The van der Waals surface area contributed by atoms with E-state index in [0.29, 0.717) is 12.1 Å². The second-order valence-corrected chi connectivity index (χ2v) is 5.04. The van der Waals surface area contributed by atoms with E-state index in [4.69, 9.17) is 0 Å². The van der Waals surface area contributed by atoms with Gasteiger partial charge in [-0.15, -0.1) is 0 Å². The molecule has 3 N–H and O–H groups in total. The van der Waals surface area contributed by atoms with Crippen LogP contribution in [0.4, 0.5) is 8.78 Å². The van der Waals surface area contributed by atoms with E-state index in [0.717, 1.165) is 11.3 Å². The number of nitrogens with one attached hydrogen (secondary N) is 2. The van der Waals surface area contributed by atoms with E-state index in [2.05, 4.69) is 20.3 Å². The van der Waals surface area contributed by atoms with Crippen LogP contribution in [0.1, 0.15) is 35.9 Å². The van der Waals surface area contributed by atoms with E-state index >= 15 is 0 Å². The molecule has 0 spiro atoms. The number of hydrogen-bond acceptors (Lipinski definition) is 4. The minimum absolute atomic E-state index is 0.0369. The lowest BCUT2D eigenvalue weighted by atomic mass is 10.1. The molecule has 0 bridgehead atoms. The quantitative estimate of drug-likeness (QED) is 0.735. The van der Waals surface area contributed by atoms with Gasteiger partial charge in [0.05, 0.1) is 12.3 Å².